The number of carbonyl (C=O) groups excluding carboxylic acids is 4. The number of ether oxygens (including phenoxy) is 4. The second-order valence-electron chi connectivity index (χ2n) is 20.6. The summed E-state index contributed by atoms with van der Waals surface area (Å²) in [5.41, 5.74) is -2.11. The molecule has 0 spiro atoms. The number of allylic oxidation sites excluding steroid dienone is 2. The molecule has 0 aromatic rings. The maximum atomic E-state index is 14.8. The number of carboxylic acids is 3. The van der Waals surface area contributed by atoms with Gasteiger partial charge in [0.2, 0.25) is 0 Å². The van der Waals surface area contributed by atoms with Gasteiger partial charge in [-0.05, 0) is 103 Å². The number of fused-ring (bicyclic) bond motifs is 7. The van der Waals surface area contributed by atoms with Gasteiger partial charge >= 0.3 is 154 Å². The minimum Gasteiger partial charge on any atom is -0.550 e. The second-order valence-corrected chi connectivity index (χ2v) is 20.6. The molecule has 2 unspecified atom stereocenters. The summed E-state index contributed by atoms with van der Waals surface area (Å²) >= 11 is 0. The molecular formula is C42H59K3O16. The van der Waals surface area contributed by atoms with Crippen LogP contribution in [0.4, 0.5) is 0 Å². The van der Waals surface area contributed by atoms with Crippen molar-refractivity contribution in [1.29, 1.82) is 0 Å². The summed E-state index contributed by atoms with van der Waals surface area (Å²) in [4.78, 5) is 50.9. The van der Waals surface area contributed by atoms with Crippen LogP contribution < -0.4 is 169 Å². The van der Waals surface area contributed by atoms with Crippen molar-refractivity contribution in [3.63, 3.8) is 0 Å². The molecule has 5 aliphatic carbocycles. The molecule has 61 heavy (non-hydrogen) atoms. The first kappa shape index (κ1) is 56.0. The van der Waals surface area contributed by atoms with E-state index in [1.807, 2.05) is 19.9 Å². The molecule has 0 amide bonds. The number of aliphatic carboxylic acids is 3. The van der Waals surface area contributed by atoms with Crippen molar-refractivity contribution in [2.75, 3.05) is 0 Å². The summed E-state index contributed by atoms with van der Waals surface area (Å²) in [6.07, 6.45) is -13.4. The smallest absolute Gasteiger partial charge is 0.550 e. The third-order valence-electron chi connectivity index (χ3n) is 17.2. The minimum atomic E-state index is -2.16. The van der Waals surface area contributed by atoms with Gasteiger partial charge in [-0.3, -0.25) is 4.79 Å². The molecule has 0 aromatic heterocycles. The Balaban J connectivity index is 0.00000273. The molecule has 19 atom stereocenters. The molecule has 7 rings (SSSR count). The van der Waals surface area contributed by atoms with Crippen LogP contribution in [-0.2, 0) is 38.1 Å². The van der Waals surface area contributed by atoms with E-state index in [0.29, 0.717) is 38.5 Å². The molecule has 0 radical (unpaired) electrons. The first-order chi connectivity index (χ1) is 26.8. The number of aliphatic hydroxyl groups excluding tert-OH is 5. The van der Waals surface area contributed by atoms with Crippen LogP contribution in [-0.4, -0.2) is 117 Å². The van der Waals surface area contributed by atoms with Crippen molar-refractivity contribution in [1.82, 2.24) is 0 Å². The van der Waals surface area contributed by atoms with Crippen LogP contribution in [0.25, 0.3) is 0 Å². The molecule has 2 heterocycles. The average molecular weight is 937 g/mol. The Hall–Kier alpha value is 2.37. The van der Waals surface area contributed by atoms with E-state index in [4.69, 9.17) is 18.9 Å². The Kier molecular flexibility index (Phi) is 18.0. The van der Waals surface area contributed by atoms with E-state index < -0.39 is 107 Å². The largest absolute Gasteiger partial charge is 1.00 e. The van der Waals surface area contributed by atoms with Crippen LogP contribution in [0.2, 0.25) is 0 Å². The number of hydrogen-bond donors (Lipinski definition) is 5. The van der Waals surface area contributed by atoms with Gasteiger partial charge in [0, 0.05) is 17.3 Å². The van der Waals surface area contributed by atoms with E-state index in [0.717, 1.165) is 24.8 Å². The van der Waals surface area contributed by atoms with Crippen molar-refractivity contribution < 1.29 is 233 Å². The van der Waals surface area contributed by atoms with Gasteiger partial charge in [-0.2, -0.15) is 0 Å². The molecule has 0 aromatic carbocycles. The Labute approximate surface area is 484 Å². The standard InChI is InChI=1S/C42H62O16.3K/c1-37(2)21-8-11-42(7)31(20(43)16-18-19-17-39(4,36(53)54)13-12-38(19,3)14-15-41(18,42)6)40(21,5)10-9-22(37)55-35-30(26(47)25(46)29(57-35)33(51)52)58-34-27(48)23(44)24(45)28(56-34)32(49)50;;;/h16,19,21-31,34-35,44-48H,8-15,17H2,1-7H3,(H,49,50)(H,51,52)(H,53,54);;;/q;3*+1/p-3/t19-,21?,22-,23-,24-,25-,26-,27+,28-,29-,30+,31?,34+,35-,38+,39-,40-,41+,42+;;;/m0.../s1. The number of aliphatic hydroxyl groups is 5. The third-order valence-corrected chi connectivity index (χ3v) is 17.2. The van der Waals surface area contributed by atoms with Gasteiger partial charge in [0.1, 0.15) is 48.8 Å². The van der Waals surface area contributed by atoms with E-state index in [2.05, 4.69) is 27.7 Å². The molecule has 5 N–H and O–H groups in total. The fraction of sp³-hybridized carbons (Fsp3) is 0.857. The molecule has 16 nitrogen and oxygen atoms in total. The molecule has 6 fully saturated rings. The van der Waals surface area contributed by atoms with E-state index >= 15 is 0 Å². The quantitative estimate of drug-likeness (QED) is 0.117. The van der Waals surface area contributed by atoms with Crippen LogP contribution in [0.5, 0.6) is 0 Å². The van der Waals surface area contributed by atoms with E-state index in [1.54, 1.807) is 6.92 Å². The molecule has 2 aliphatic heterocycles. The van der Waals surface area contributed by atoms with E-state index in [9.17, 15) is 60.0 Å². The van der Waals surface area contributed by atoms with Crippen LogP contribution in [0.15, 0.2) is 11.6 Å². The Morgan fingerprint density at radius 2 is 1.25 bits per heavy atom. The fourth-order valence-electron chi connectivity index (χ4n) is 13.3. The predicted molar refractivity (Wildman–Crippen MR) is 192 cm³/mol. The third kappa shape index (κ3) is 9.06. The minimum absolute atomic E-state index is 0. The Morgan fingerprint density at radius 3 is 1.82 bits per heavy atom. The van der Waals surface area contributed by atoms with Crippen molar-refractivity contribution in [2.45, 2.75) is 174 Å². The second kappa shape index (κ2) is 19.6. The van der Waals surface area contributed by atoms with Gasteiger partial charge in [0.15, 0.2) is 18.4 Å². The zero-order valence-corrected chi connectivity index (χ0v) is 46.6. The van der Waals surface area contributed by atoms with Crippen LogP contribution in [0, 0.1) is 50.2 Å². The summed E-state index contributed by atoms with van der Waals surface area (Å²) < 4.78 is 23.1. The van der Waals surface area contributed by atoms with Crippen molar-refractivity contribution in [3.8, 4) is 0 Å². The van der Waals surface area contributed by atoms with Crippen LogP contribution >= 0.6 is 0 Å². The van der Waals surface area contributed by atoms with Crippen LogP contribution in [0.3, 0.4) is 0 Å². The van der Waals surface area contributed by atoms with E-state index in [-0.39, 0.29) is 189 Å². The van der Waals surface area contributed by atoms with E-state index in [1.165, 1.54) is 0 Å². The van der Waals surface area contributed by atoms with Gasteiger partial charge in [-0.15, -0.1) is 0 Å². The molecule has 0 bridgehead atoms. The number of ketones is 1. The maximum absolute atomic E-state index is 14.8. The average Bonchev–Trinajstić information content (AvgIpc) is 3.13. The summed E-state index contributed by atoms with van der Waals surface area (Å²) in [7, 11) is 0. The first-order valence-electron chi connectivity index (χ1n) is 20.7. The molecule has 2 saturated heterocycles. The summed E-state index contributed by atoms with van der Waals surface area (Å²) in [5.74, 6) is -5.37. The van der Waals surface area contributed by atoms with Gasteiger partial charge in [0.05, 0.1) is 18.0 Å². The first-order valence-corrected chi connectivity index (χ1v) is 20.7. The maximum Gasteiger partial charge on any atom is 1.00 e. The Morgan fingerprint density at radius 1 is 0.689 bits per heavy atom. The SMILES string of the molecule is CC1(C)C2CC[C@]3(C)C(C(=O)C=C4[C@@H]5C[C@@](C)(C(=O)[O-])CC[C@]5(C)CC[C@]43C)[C@@]2(C)CC[C@@H]1O[C@H]1O[C@H](C(=O)[O-])[C@@H](O)[C@H](O)[C@H]1O[C@H]1O[C@H](C(=O)[O-])[C@@H](O)[C@H](O)[C@H]1O.[K+].[K+].[K+]. The molecular weight excluding hydrogens is 878 g/mol. The van der Waals surface area contributed by atoms with Gasteiger partial charge in [-0.1, -0.05) is 54.0 Å². The normalized spacial score (nSPS) is 50.0. The monoisotopic (exact) mass is 936 g/mol. The molecule has 7 aliphatic rings. The van der Waals surface area contributed by atoms with Crippen molar-refractivity contribution in [3.05, 3.63) is 11.6 Å². The summed E-state index contributed by atoms with van der Waals surface area (Å²) in [6, 6.07) is 0. The molecule has 4 saturated carbocycles. The van der Waals surface area contributed by atoms with Gasteiger partial charge < -0.3 is 74.2 Å². The number of carboxylic acid groups (broad SMARTS) is 3. The zero-order chi connectivity index (χ0) is 42.9. The number of rotatable bonds is 7. The van der Waals surface area contributed by atoms with Gasteiger partial charge in [-0.25, -0.2) is 0 Å². The number of hydrogen-bond acceptors (Lipinski definition) is 16. The molecule has 19 heteroatoms. The van der Waals surface area contributed by atoms with Crippen molar-refractivity contribution in [2.24, 2.45) is 50.2 Å². The summed E-state index contributed by atoms with van der Waals surface area (Å²) in [5, 5.41) is 89.2. The Bertz CT molecular complexity index is 1750. The fourth-order valence-corrected chi connectivity index (χ4v) is 13.3. The number of carbonyl (C=O) groups is 4. The topological polar surface area (TPSA) is 276 Å². The summed E-state index contributed by atoms with van der Waals surface area (Å²) in [6.45, 7) is 14.6. The van der Waals surface area contributed by atoms with Gasteiger partial charge in [0.25, 0.3) is 0 Å². The van der Waals surface area contributed by atoms with Crippen LogP contribution in [0.1, 0.15) is 106 Å². The zero-order valence-electron chi connectivity index (χ0n) is 37.3. The molecule has 326 valence electrons. The predicted octanol–water partition coefficient (Wildman–Crippen LogP) is -10.7. The van der Waals surface area contributed by atoms with Crippen molar-refractivity contribution >= 4 is 23.7 Å².